The number of furan rings is 1. The molecule has 0 fully saturated rings. The minimum atomic E-state index is 1.01. The summed E-state index contributed by atoms with van der Waals surface area (Å²) in [6, 6.07) is 6.19. The molecule has 0 radical (unpaired) electrons. The van der Waals surface area contributed by atoms with E-state index in [1.165, 1.54) is 14.5 Å². The van der Waals surface area contributed by atoms with Gasteiger partial charge in [0.25, 0.3) is 0 Å². The second-order valence-corrected chi connectivity index (χ2v) is 3.69. The van der Waals surface area contributed by atoms with Gasteiger partial charge in [-0.15, -0.1) is 0 Å². The minimum absolute atomic E-state index is 1.01. The first-order chi connectivity index (χ1) is 5.29. The lowest BCUT2D eigenvalue weighted by atomic mass is 10.1. The van der Waals surface area contributed by atoms with E-state index < -0.39 is 0 Å². The van der Waals surface area contributed by atoms with Crippen molar-refractivity contribution in [1.29, 1.82) is 0 Å². The van der Waals surface area contributed by atoms with E-state index in [0.717, 1.165) is 5.58 Å². The molecule has 0 unspecified atom stereocenters. The third-order valence-corrected chi connectivity index (χ3v) is 2.64. The summed E-state index contributed by atoms with van der Waals surface area (Å²) in [5.74, 6) is 0. The molecule has 0 saturated heterocycles. The maximum atomic E-state index is 5.32. The van der Waals surface area contributed by atoms with E-state index in [2.05, 4.69) is 41.6 Å². The van der Waals surface area contributed by atoms with Crippen molar-refractivity contribution in [2.24, 2.45) is 0 Å². The molecule has 0 bridgehead atoms. The maximum Gasteiger partial charge on any atom is 0.147 e. The Balaban J connectivity index is 2.96. The van der Waals surface area contributed by atoms with Crippen molar-refractivity contribution in [1.82, 2.24) is 0 Å². The highest BCUT2D eigenvalue weighted by Crippen LogP contribution is 2.24. The standard InChI is InChI=1S/C9H7IO/c1-6-2-3-8(10)9-7(6)4-5-11-9/h2-5H,1H3. The first kappa shape index (κ1) is 7.16. The fraction of sp³-hybridized carbons (Fsp3) is 0.111. The fourth-order valence-corrected chi connectivity index (χ4v) is 1.77. The molecule has 0 atom stereocenters. The van der Waals surface area contributed by atoms with E-state index >= 15 is 0 Å². The zero-order valence-corrected chi connectivity index (χ0v) is 8.25. The summed E-state index contributed by atoms with van der Waals surface area (Å²) < 4.78 is 6.50. The fourth-order valence-electron chi connectivity index (χ4n) is 1.17. The van der Waals surface area contributed by atoms with Crippen LogP contribution >= 0.6 is 22.6 Å². The van der Waals surface area contributed by atoms with Gasteiger partial charge < -0.3 is 4.42 Å². The molecule has 1 heterocycles. The van der Waals surface area contributed by atoms with Gasteiger partial charge in [0.05, 0.1) is 9.83 Å². The maximum absolute atomic E-state index is 5.32. The number of hydrogen-bond donors (Lipinski definition) is 0. The molecular weight excluding hydrogens is 251 g/mol. The Kier molecular flexibility index (Phi) is 1.64. The van der Waals surface area contributed by atoms with Gasteiger partial charge in [0.2, 0.25) is 0 Å². The molecule has 0 amide bonds. The largest absolute Gasteiger partial charge is 0.463 e. The molecule has 0 aliphatic heterocycles. The molecule has 2 aromatic rings. The molecular formula is C9H7IO. The lowest BCUT2D eigenvalue weighted by molar-refractivity contribution is 0.613. The summed E-state index contributed by atoms with van der Waals surface area (Å²) in [4.78, 5) is 0. The third kappa shape index (κ3) is 1.05. The molecule has 56 valence electrons. The molecule has 2 heteroatoms. The quantitative estimate of drug-likeness (QED) is 0.660. The van der Waals surface area contributed by atoms with Crippen LogP contribution in [0.1, 0.15) is 5.56 Å². The van der Waals surface area contributed by atoms with Gasteiger partial charge in [-0.3, -0.25) is 0 Å². The van der Waals surface area contributed by atoms with Crippen LogP contribution in [0.15, 0.2) is 28.9 Å². The van der Waals surface area contributed by atoms with Crippen LogP contribution in [-0.4, -0.2) is 0 Å². The number of halogens is 1. The van der Waals surface area contributed by atoms with Crippen molar-refractivity contribution in [3.05, 3.63) is 33.6 Å². The van der Waals surface area contributed by atoms with Crippen molar-refractivity contribution >= 4 is 33.6 Å². The molecule has 2 rings (SSSR count). The van der Waals surface area contributed by atoms with Gasteiger partial charge in [-0.2, -0.15) is 0 Å². The average Bonchev–Trinajstić information content (AvgIpc) is 2.45. The Hall–Kier alpha value is -0.510. The third-order valence-electron chi connectivity index (χ3n) is 1.79. The van der Waals surface area contributed by atoms with Crippen molar-refractivity contribution < 1.29 is 4.42 Å². The summed E-state index contributed by atoms with van der Waals surface area (Å²) in [5, 5.41) is 1.22. The summed E-state index contributed by atoms with van der Waals surface area (Å²) in [6.07, 6.45) is 1.74. The SMILES string of the molecule is Cc1ccc(I)c2occc12. The van der Waals surface area contributed by atoms with Crippen molar-refractivity contribution in [3.8, 4) is 0 Å². The van der Waals surface area contributed by atoms with Crippen LogP contribution in [0, 0.1) is 10.5 Å². The number of fused-ring (bicyclic) bond motifs is 1. The van der Waals surface area contributed by atoms with Crippen molar-refractivity contribution in [2.75, 3.05) is 0 Å². The van der Waals surface area contributed by atoms with Gasteiger partial charge in [-0.05, 0) is 47.2 Å². The van der Waals surface area contributed by atoms with Crippen LogP contribution in [0.5, 0.6) is 0 Å². The highest BCUT2D eigenvalue weighted by molar-refractivity contribution is 14.1. The van der Waals surface area contributed by atoms with Crippen LogP contribution in [0.4, 0.5) is 0 Å². The lowest BCUT2D eigenvalue weighted by Gasteiger charge is -1.95. The number of rotatable bonds is 0. The van der Waals surface area contributed by atoms with Gasteiger partial charge >= 0.3 is 0 Å². The zero-order chi connectivity index (χ0) is 7.84. The van der Waals surface area contributed by atoms with Crippen LogP contribution in [0.2, 0.25) is 0 Å². The summed E-state index contributed by atoms with van der Waals surface area (Å²) in [5.41, 5.74) is 2.28. The Morgan fingerprint density at radius 3 is 2.82 bits per heavy atom. The van der Waals surface area contributed by atoms with Gasteiger partial charge in [-0.25, -0.2) is 0 Å². The van der Waals surface area contributed by atoms with E-state index in [4.69, 9.17) is 4.42 Å². The van der Waals surface area contributed by atoms with Crippen LogP contribution in [-0.2, 0) is 0 Å². The smallest absolute Gasteiger partial charge is 0.147 e. The van der Waals surface area contributed by atoms with Gasteiger partial charge in [0.15, 0.2) is 0 Å². The molecule has 0 N–H and O–H groups in total. The second-order valence-electron chi connectivity index (χ2n) is 2.53. The van der Waals surface area contributed by atoms with Crippen LogP contribution in [0.3, 0.4) is 0 Å². The van der Waals surface area contributed by atoms with E-state index in [1.807, 2.05) is 6.07 Å². The topological polar surface area (TPSA) is 13.1 Å². The number of benzene rings is 1. The Bertz CT molecular complexity index is 353. The molecule has 1 aromatic heterocycles. The zero-order valence-electron chi connectivity index (χ0n) is 6.10. The normalized spacial score (nSPS) is 10.7. The van der Waals surface area contributed by atoms with E-state index in [-0.39, 0.29) is 0 Å². The predicted octanol–water partition coefficient (Wildman–Crippen LogP) is 3.35. The minimum Gasteiger partial charge on any atom is -0.463 e. The predicted molar refractivity (Wildman–Crippen MR) is 53.7 cm³/mol. The molecule has 11 heavy (non-hydrogen) atoms. The highest BCUT2D eigenvalue weighted by atomic mass is 127. The van der Waals surface area contributed by atoms with Crippen molar-refractivity contribution in [2.45, 2.75) is 6.92 Å². The Morgan fingerprint density at radius 2 is 2.09 bits per heavy atom. The first-order valence-corrected chi connectivity index (χ1v) is 4.49. The molecule has 0 spiro atoms. The average molecular weight is 258 g/mol. The molecule has 0 aliphatic rings. The molecule has 1 nitrogen and oxygen atoms in total. The van der Waals surface area contributed by atoms with E-state index in [1.54, 1.807) is 6.26 Å². The van der Waals surface area contributed by atoms with Crippen LogP contribution < -0.4 is 0 Å². The highest BCUT2D eigenvalue weighted by Gasteiger charge is 2.02. The van der Waals surface area contributed by atoms with Crippen molar-refractivity contribution in [3.63, 3.8) is 0 Å². The lowest BCUT2D eigenvalue weighted by Crippen LogP contribution is -1.75. The van der Waals surface area contributed by atoms with Gasteiger partial charge in [-0.1, -0.05) is 6.07 Å². The Morgan fingerprint density at radius 1 is 1.27 bits per heavy atom. The summed E-state index contributed by atoms with van der Waals surface area (Å²) in [6.45, 7) is 2.09. The molecule has 0 saturated carbocycles. The summed E-state index contributed by atoms with van der Waals surface area (Å²) in [7, 11) is 0. The second kappa shape index (κ2) is 2.52. The van der Waals surface area contributed by atoms with Gasteiger partial charge in [0.1, 0.15) is 5.58 Å². The van der Waals surface area contributed by atoms with E-state index in [9.17, 15) is 0 Å². The van der Waals surface area contributed by atoms with Gasteiger partial charge in [0, 0.05) is 5.39 Å². The summed E-state index contributed by atoms with van der Waals surface area (Å²) >= 11 is 2.28. The van der Waals surface area contributed by atoms with Crippen LogP contribution in [0.25, 0.3) is 11.0 Å². The number of hydrogen-bond acceptors (Lipinski definition) is 1. The monoisotopic (exact) mass is 258 g/mol. The number of aryl methyl sites for hydroxylation is 1. The molecule has 0 aliphatic carbocycles. The first-order valence-electron chi connectivity index (χ1n) is 3.41. The van der Waals surface area contributed by atoms with E-state index in [0.29, 0.717) is 0 Å². The Labute approximate surface area is 78.5 Å². The molecule has 1 aromatic carbocycles.